The molecule has 0 saturated heterocycles. The Balaban J connectivity index is 2.39. The second-order valence-corrected chi connectivity index (χ2v) is 4.93. The Hall–Kier alpha value is -2.48. The summed E-state index contributed by atoms with van der Waals surface area (Å²) < 4.78 is 0. The summed E-state index contributed by atoms with van der Waals surface area (Å²) in [7, 11) is 0. The van der Waals surface area contributed by atoms with E-state index in [4.69, 9.17) is 5.11 Å². The van der Waals surface area contributed by atoms with Gasteiger partial charge in [-0.05, 0) is 19.1 Å². The van der Waals surface area contributed by atoms with Gasteiger partial charge in [-0.15, -0.1) is 11.3 Å². The van der Waals surface area contributed by atoms with Gasteiger partial charge in [-0.1, -0.05) is 0 Å². The van der Waals surface area contributed by atoms with Gasteiger partial charge in [-0.25, -0.2) is 9.78 Å². The van der Waals surface area contributed by atoms with Gasteiger partial charge in [0.05, 0.1) is 10.5 Å². The third kappa shape index (κ3) is 2.86. The van der Waals surface area contributed by atoms with Crippen molar-refractivity contribution >= 4 is 33.8 Å². The SMILES string of the molecule is Cc1cnc(Nc2ccc(C(=O)O)cc2[N+](=O)[O-])s1. The van der Waals surface area contributed by atoms with Crippen LogP contribution in [0.15, 0.2) is 24.4 Å². The van der Waals surface area contributed by atoms with E-state index in [-0.39, 0.29) is 16.9 Å². The molecular weight excluding hydrogens is 270 g/mol. The molecule has 98 valence electrons. The molecule has 0 aliphatic heterocycles. The molecule has 2 rings (SSSR count). The lowest BCUT2D eigenvalue weighted by Crippen LogP contribution is -2.01. The number of nitrogens with zero attached hydrogens (tertiary/aromatic N) is 2. The van der Waals surface area contributed by atoms with Crippen LogP contribution in [-0.4, -0.2) is 21.0 Å². The minimum atomic E-state index is -1.21. The first-order chi connectivity index (χ1) is 8.97. The monoisotopic (exact) mass is 279 g/mol. The number of benzene rings is 1. The van der Waals surface area contributed by atoms with Gasteiger partial charge in [-0.3, -0.25) is 10.1 Å². The number of carboxylic acid groups (broad SMARTS) is 1. The molecule has 1 aromatic carbocycles. The van der Waals surface area contributed by atoms with Gasteiger partial charge in [0.25, 0.3) is 5.69 Å². The van der Waals surface area contributed by atoms with E-state index < -0.39 is 10.9 Å². The fourth-order valence-electron chi connectivity index (χ4n) is 1.45. The number of thiazole rings is 1. The Labute approximate surface area is 111 Å². The van der Waals surface area contributed by atoms with Crippen LogP contribution in [0.25, 0.3) is 0 Å². The van der Waals surface area contributed by atoms with Crippen LogP contribution in [-0.2, 0) is 0 Å². The number of anilines is 2. The molecule has 0 bridgehead atoms. The highest BCUT2D eigenvalue weighted by Crippen LogP contribution is 2.30. The zero-order chi connectivity index (χ0) is 14.0. The summed E-state index contributed by atoms with van der Waals surface area (Å²) in [4.78, 5) is 26.1. The van der Waals surface area contributed by atoms with Gasteiger partial charge in [0.1, 0.15) is 5.69 Å². The number of hydrogen-bond donors (Lipinski definition) is 2. The zero-order valence-electron chi connectivity index (χ0n) is 9.78. The van der Waals surface area contributed by atoms with Crippen LogP contribution in [0.2, 0.25) is 0 Å². The number of carboxylic acids is 1. The molecule has 0 unspecified atom stereocenters. The van der Waals surface area contributed by atoms with Gasteiger partial charge < -0.3 is 10.4 Å². The van der Waals surface area contributed by atoms with Crippen molar-refractivity contribution in [2.75, 3.05) is 5.32 Å². The van der Waals surface area contributed by atoms with E-state index in [1.807, 2.05) is 6.92 Å². The smallest absolute Gasteiger partial charge is 0.335 e. The number of nitrogens with one attached hydrogen (secondary N) is 1. The minimum absolute atomic E-state index is 0.132. The fraction of sp³-hybridized carbons (Fsp3) is 0.0909. The first-order valence-electron chi connectivity index (χ1n) is 5.18. The lowest BCUT2D eigenvalue weighted by Gasteiger charge is -2.04. The Morgan fingerprint density at radius 1 is 1.53 bits per heavy atom. The second-order valence-electron chi connectivity index (χ2n) is 3.70. The molecule has 1 aromatic heterocycles. The maximum atomic E-state index is 10.9. The quantitative estimate of drug-likeness (QED) is 0.658. The van der Waals surface area contributed by atoms with Gasteiger partial charge in [-0.2, -0.15) is 0 Å². The predicted molar refractivity (Wildman–Crippen MR) is 70.2 cm³/mol. The summed E-state index contributed by atoms with van der Waals surface area (Å²) in [6, 6.07) is 3.68. The first kappa shape index (κ1) is 13.0. The fourth-order valence-corrected chi connectivity index (χ4v) is 2.13. The molecule has 0 atom stereocenters. The highest BCUT2D eigenvalue weighted by atomic mass is 32.1. The summed E-state index contributed by atoms with van der Waals surface area (Å²) in [5.41, 5.74) is -0.218. The third-order valence-corrected chi connectivity index (χ3v) is 3.13. The van der Waals surface area contributed by atoms with Crippen LogP contribution < -0.4 is 5.32 Å². The molecule has 0 fully saturated rings. The number of aromatic nitrogens is 1. The largest absolute Gasteiger partial charge is 0.478 e. The standard InChI is InChI=1S/C11H9N3O4S/c1-6-5-12-11(19-6)13-8-3-2-7(10(15)16)4-9(8)14(17)18/h2-5H,1H3,(H,12,13)(H,15,16). The first-order valence-corrected chi connectivity index (χ1v) is 6.00. The summed E-state index contributed by atoms with van der Waals surface area (Å²) >= 11 is 1.35. The van der Waals surface area contributed by atoms with Gasteiger partial charge in [0, 0.05) is 17.1 Å². The van der Waals surface area contributed by atoms with E-state index in [1.54, 1.807) is 6.20 Å². The van der Waals surface area contributed by atoms with Crippen molar-refractivity contribution < 1.29 is 14.8 Å². The van der Waals surface area contributed by atoms with Crippen LogP contribution in [0, 0.1) is 17.0 Å². The van der Waals surface area contributed by atoms with E-state index in [9.17, 15) is 14.9 Å². The Bertz CT molecular complexity index is 653. The summed E-state index contributed by atoms with van der Waals surface area (Å²) in [5, 5.41) is 23.1. The molecule has 0 spiro atoms. The molecule has 1 heterocycles. The van der Waals surface area contributed by atoms with E-state index in [1.165, 1.54) is 23.5 Å². The number of aromatic carboxylic acids is 1. The number of rotatable bonds is 4. The molecule has 0 aliphatic carbocycles. The molecule has 2 N–H and O–H groups in total. The summed E-state index contributed by atoms with van der Waals surface area (Å²) in [6.45, 7) is 1.87. The van der Waals surface area contributed by atoms with Crippen molar-refractivity contribution in [1.82, 2.24) is 4.98 Å². The molecule has 0 saturated carbocycles. The molecule has 7 nitrogen and oxygen atoms in total. The molecule has 19 heavy (non-hydrogen) atoms. The molecular formula is C11H9N3O4S. The zero-order valence-corrected chi connectivity index (χ0v) is 10.6. The van der Waals surface area contributed by atoms with Crippen LogP contribution in [0.3, 0.4) is 0 Å². The van der Waals surface area contributed by atoms with Crippen molar-refractivity contribution in [3.63, 3.8) is 0 Å². The Morgan fingerprint density at radius 3 is 2.79 bits per heavy atom. The average molecular weight is 279 g/mol. The maximum absolute atomic E-state index is 10.9. The van der Waals surface area contributed by atoms with E-state index in [0.29, 0.717) is 5.13 Å². The number of carbonyl (C=O) groups is 1. The van der Waals surface area contributed by atoms with Crippen molar-refractivity contribution in [1.29, 1.82) is 0 Å². The molecule has 2 aromatic rings. The minimum Gasteiger partial charge on any atom is -0.478 e. The summed E-state index contributed by atoms with van der Waals surface area (Å²) in [5.74, 6) is -1.21. The van der Waals surface area contributed by atoms with E-state index in [2.05, 4.69) is 10.3 Å². The van der Waals surface area contributed by atoms with Crippen LogP contribution in [0.1, 0.15) is 15.2 Å². The highest BCUT2D eigenvalue weighted by Gasteiger charge is 2.18. The van der Waals surface area contributed by atoms with Crippen LogP contribution in [0.4, 0.5) is 16.5 Å². The Morgan fingerprint density at radius 2 is 2.26 bits per heavy atom. The van der Waals surface area contributed by atoms with E-state index in [0.717, 1.165) is 10.9 Å². The topological polar surface area (TPSA) is 105 Å². The number of hydrogen-bond acceptors (Lipinski definition) is 6. The van der Waals surface area contributed by atoms with Crippen LogP contribution >= 0.6 is 11.3 Å². The lowest BCUT2D eigenvalue weighted by atomic mass is 10.2. The molecule has 0 amide bonds. The Kier molecular flexibility index (Phi) is 3.43. The molecule has 0 aliphatic rings. The predicted octanol–water partition coefficient (Wildman–Crippen LogP) is 2.80. The van der Waals surface area contributed by atoms with E-state index >= 15 is 0 Å². The van der Waals surface area contributed by atoms with Gasteiger partial charge in [0.15, 0.2) is 5.13 Å². The normalized spacial score (nSPS) is 10.2. The highest BCUT2D eigenvalue weighted by molar-refractivity contribution is 7.15. The lowest BCUT2D eigenvalue weighted by molar-refractivity contribution is -0.383. The number of nitro groups is 1. The van der Waals surface area contributed by atoms with Gasteiger partial charge >= 0.3 is 5.97 Å². The van der Waals surface area contributed by atoms with Crippen LogP contribution in [0.5, 0.6) is 0 Å². The molecule has 0 radical (unpaired) electrons. The van der Waals surface area contributed by atoms with Gasteiger partial charge in [0.2, 0.25) is 0 Å². The number of nitro benzene ring substituents is 1. The number of aryl methyl sites for hydroxylation is 1. The van der Waals surface area contributed by atoms with Crippen molar-refractivity contribution in [3.05, 3.63) is 45.0 Å². The second kappa shape index (κ2) is 5.02. The maximum Gasteiger partial charge on any atom is 0.335 e. The third-order valence-electron chi connectivity index (χ3n) is 2.30. The average Bonchev–Trinajstić information content (AvgIpc) is 2.74. The van der Waals surface area contributed by atoms with Crippen molar-refractivity contribution in [2.24, 2.45) is 0 Å². The van der Waals surface area contributed by atoms with Crippen molar-refractivity contribution in [2.45, 2.75) is 6.92 Å². The van der Waals surface area contributed by atoms with Crippen molar-refractivity contribution in [3.8, 4) is 0 Å². The summed E-state index contributed by atoms with van der Waals surface area (Å²) in [6.07, 6.45) is 1.64. The molecule has 8 heteroatoms.